The molecule has 0 atom stereocenters. The molecule has 132 valence electrons. The Morgan fingerprint density at radius 3 is 2.15 bits per heavy atom. The molecule has 0 saturated heterocycles. The summed E-state index contributed by atoms with van der Waals surface area (Å²) >= 11 is 0. The largest absolute Gasteiger partial charge is 0.488 e. The number of rotatable bonds is 3. The molecule has 1 heterocycles. The Morgan fingerprint density at radius 1 is 1.00 bits per heavy atom. The van der Waals surface area contributed by atoms with Crippen molar-refractivity contribution in [3.63, 3.8) is 0 Å². The minimum Gasteiger partial charge on any atom is -0.488 e. The van der Waals surface area contributed by atoms with Gasteiger partial charge in [-0.25, -0.2) is 0 Å². The van der Waals surface area contributed by atoms with E-state index in [1.807, 2.05) is 48.5 Å². The summed E-state index contributed by atoms with van der Waals surface area (Å²) in [5, 5.41) is 24.6. The lowest BCUT2D eigenvalue weighted by molar-refractivity contribution is -0.387. The van der Waals surface area contributed by atoms with E-state index in [1.165, 1.54) is 6.08 Å². The summed E-state index contributed by atoms with van der Waals surface area (Å²) in [7, 11) is 0. The van der Waals surface area contributed by atoms with Crippen molar-refractivity contribution < 1.29 is 10.0 Å². The number of nitro groups is 1. The lowest BCUT2D eigenvalue weighted by Crippen LogP contribution is -2.14. The number of nitrogens with zero attached hydrogens (tertiary/aromatic N) is 2. The lowest BCUT2D eigenvalue weighted by atomic mass is 9.96. The second-order valence-corrected chi connectivity index (χ2v) is 5.95. The fraction of sp³-hybridized carbons (Fsp3) is 0. The van der Waals surface area contributed by atoms with Crippen LogP contribution in [-0.2, 0) is 0 Å². The third kappa shape index (κ3) is 2.91. The Morgan fingerprint density at radius 2 is 1.59 bits per heavy atom. The summed E-state index contributed by atoms with van der Waals surface area (Å²) in [5.41, 5.74) is -1.05. The average Bonchev–Trinajstić information content (AvgIpc) is 2.64. The number of H-pyrrole nitrogens is 1. The Labute approximate surface area is 152 Å². The van der Waals surface area contributed by atoms with Gasteiger partial charge in [0.2, 0.25) is 0 Å². The third-order valence-corrected chi connectivity index (χ3v) is 4.30. The molecule has 2 N–H and O–H groups in total. The van der Waals surface area contributed by atoms with Gasteiger partial charge in [0.25, 0.3) is 5.88 Å². The standard InChI is InChI=1S/C20H13N3O4/c24-19-18(23(26)27)20(25)22-17(21-19)10-9-16-14-7-3-1-5-12(14)11-13-6-2-4-8-15(13)16/h1-11H,(H2,21,22,24,25)/b10-9-. The minimum atomic E-state index is -1.00. The maximum absolute atomic E-state index is 11.8. The van der Waals surface area contributed by atoms with Crippen LogP contribution in [0.5, 0.6) is 5.88 Å². The zero-order valence-corrected chi connectivity index (χ0v) is 13.9. The van der Waals surface area contributed by atoms with Crippen LogP contribution in [0, 0.1) is 10.1 Å². The zero-order valence-electron chi connectivity index (χ0n) is 13.9. The van der Waals surface area contributed by atoms with Crippen molar-refractivity contribution in [1.29, 1.82) is 0 Å². The SMILES string of the molecule is O=c1[nH]c(/C=C\c2c3ccccc3cc3ccccc23)nc(O)c1[N+](=O)[O-]. The molecule has 1 aromatic heterocycles. The van der Waals surface area contributed by atoms with E-state index in [4.69, 9.17) is 0 Å². The van der Waals surface area contributed by atoms with Crippen molar-refractivity contribution in [2.45, 2.75) is 0 Å². The molecule has 7 nitrogen and oxygen atoms in total. The molecule has 0 aliphatic heterocycles. The fourth-order valence-corrected chi connectivity index (χ4v) is 3.11. The number of hydrogen-bond donors (Lipinski definition) is 2. The van der Waals surface area contributed by atoms with Gasteiger partial charge in [0.15, 0.2) is 0 Å². The molecule has 3 aromatic carbocycles. The van der Waals surface area contributed by atoms with Crippen LogP contribution in [0.2, 0.25) is 0 Å². The highest BCUT2D eigenvalue weighted by atomic mass is 16.6. The van der Waals surface area contributed by atoms with Gasteiger partial charge < -0.3 is 10.1 Å². The van der Waals surface area contributed by atoms with Crippen LogP contribution >= 0.6 is 0 Å². The molecular weight excluding hydrogens is 346 g/mol. The van der Waals surface area contributed by atoms with Crippen LogP contribution < -0.4 is 5.56 Å². The van der Waals surface area contributed by atoms with Crippen LogP contribution in [-0.4, -0.2) is 20.0 Å². The second kappa shape index (κ2) is 6.38. The highest BCUT2D eigenvalue weighted by Crippen LogP contribution is 2.30. The minimum absolute atomic E-state index is 0.0279. The summed E-state index contributed by atoms with van der Waals surface area (Å²) in [4.78, 5) is 27.6. The van der Waals surface area contributed by atoms with Gasteiger partial charge in [-0.1, -0.05) is 54.6 Å². The lowest BCUT2D eigenvalue weighted by Gasteiger charge is -2.08. The summed E-state index contributed by atoms with van der Waals surface area (Å²) in [5.74, 6) is -0.883. The van der Waals surface area contributed by atoms with E-state index in [0.717, 1.165) is 27.1 Å². The van der Waals surface area contributed by atoms with Crippen LogP contribution in [0.25, 0.3) is 33.7 Å². The van der Waals surface area contributed by atoms with Gasteiger partial charge >= 0.3 is 11.2 Å². The number of nitrogens with one attached hydrogen (secondary N) is 1. The van der Waals surface area contributed by atoms with E-state index < -0.39 is 22.0 Å². The smallest absolute Gasteiger partial charge is 0.395 e. The quantitative estimate of drug-likeness (QED) is 0.328. The predicted molar refractivity (Wildman–Crippen MR) is 104 cm³/mol. The number of benzene rings is 3. The molecule has 0 aliphatic carbocycles. The van der Waals surface area contributed by atoms with E-state index in [9.17, 15) is 20.0 Å². The van der Waals surface area contributed by atoms with Crippen molar-refractivity contribution in [2.75, 3.05) is 0 Å². The Bertz CT molecular complexity index is 1240. The van der Waals surface area contributed by atoms with E-state index >= 15 is 0 Å². The first-order valence-corrected chi connectivity index (χ1v) is 8.11. The molecule has 0 aliphatic rings. The Hall–Kier alpha value is -4.00. The highest BCUT2D eigenvalue weighted by Gasteiger charge is 2.21. The molecule has 0 unspecified atom stereocenters. The summed E-state index contributed by atoms with van der Waals surface area (Å²) in [6.07, 6.45) is 3.28. The molecule has 0 bridgehead atoms. The molecule has 4 aromatic rings. The first-order valence-electron chi connectivity index (χ1n) is 8.11. The summed E-state index contributed by atoms with van der Waals surface area (Å²) in [6, 6.07) is 17.9. The third-order valence-electron chi connectivity index (χ3n) is 4.30. The Balaban J connectivity index is 1.90. The van der Waals surface area contributed by atoms with Crippen molar-refractivity contribution in [3.05, 3.63) is 86.5 Å². The first kappa shape index (κ1) is 16.5. The van der Waals surface area contributed by atoms with Crippen molar-refractivity contribution in [3.8, 4) is 5.88 Å². The molecule has 4 rings (SSSR count). The van der Waals surface area contributed by atoms with Crippen LogP contribution in [0.1, 0.15) is 11.4 Å². The van der Waals surface area contributed by atoms with Gasteiger partial charge in [-0.3, -0.25) is 14.9 Å². The number of aromatic hydroxyl groups is 1. The number of aromatic nitrogens is 2. The molecule has 7 heteroatoms. The molecule has 0 saturated carbocycles. The van der Waals surface area contributed by atoms with Gasteiger partial charge in [0, 0.05) is 0 Å². The van der Waals surface area contributed by atoms with E-state index in [0.29, 0.717) is 0 Å². The zero-order chi connectivity index (χ0) is 19.0. The van der Waals surface area contributed by atoms with Gasteiger partial charge in [0.05, 0.1) is 4.92 Å². The van der Waals surface area contributed by atoms with E-state index in [2.05, 4.69) is 16.0 Å². The normalized spacial score (nSPS) is 11.4. The molecule has 0 spiro atoms. The van der Waals surface area contributed by atoms with Crippen molar-refractivity contribution in [2.24, 2.45) is 0 Å². The maximum Gasteiger partial charge on any atom is 0.395 e. The van der Waals surface area contributed by atoms with Crippen molar-refractivity contribution in [1.82, 2.24) is 9.97 Å². The fourth-order valence-electron chi connectivity index (χ4n) is 3.11. The topological polar surface area (TPSA) is 109 Å². The maximum atomic E-state index is 11.8. The van der Waals surface area contributed by atoms with Crippen LogP contribution in [0.3, 0.4) is 0 Å². The monoisotopic (exact) mass is 359 g/mol. The van der Waals surface area contributed by atoms with Gasteiger partial charge in [-0.15, -0.1) is 0 Å². The van der Waals surface area contributed by atoms with E-state index in [1.54, 1.807) is 6.08 Å². The molecule has 0 fully saturated rings. The van der Waals surface area contributed by atoms with E-state index in [-0.39, 0.29) is 5.82 Å². The highest BCUT2D eigenvalue weighted by molar-refractivity contribution is 6.07. The van der Waals surface area contributed by atoms with Gasteiger partial charge in [0.1, 0.15) is 5.82 Å². The van der Waals surface area contributed by atoms with Crippen LogP contribution in [0.15, 0.2) is 59.4 Å². The summed E-state index contributed by atoms with van der Waals surface area (Å²) in [6.45, 7) is 0. The molecular formula is C20H13N3O4. The molecule has 0 radical (unpaired) electrons. The molecule has 27 heavy (non-hydrogen) atoms. The predicted octanol–water partition coefficient (Wildman–Crippen LogP) is 3.86. The number of fused-ring (bicyclic) bond motifs is 2. The van der Waals surface area contributed by atoms with Gasteiger partial charge in [-0.05, 0) is 39.3 Å². The average molecular weight is 359 g/mol. The van der Waals surface area contributed by atoms with Crippen LogP contribution in [0.4, 0.5) is 5.69 Å². The van der Waals surface area contributed by atoms with Gasteiger partial charge in [-0.2, -0.15) is 4.98 Å². The number of aromatic amines is 1. The summed E-state index contributed by atoms with van der Waals surface area (Å²) < 4.78 is 0. The van der Waals surface area contributed by atoms with Crippen molar-refractivity contribution >= 4 is 39.4 Å². The Kier molecular flexibility index (Phi) is 3.89. The molecule has 0 amide bonds. The first-order chi connectivity index (χ1) is 13.0. The second-order valence-electron chi connectivity index (χ2n) is 5.95. The number of hydrogen-bond acceptors (Lipinski definition) is 5.